The van der Waals surface area contributed by atoms with E-state index in [1.165, 1.54) is 42.5 Å². The largest absolute Gasteiger partial charge is 0.573 e. The quantitative estimate of drug-likeness (QED) is 0.893. The third-order valence-corrected chi connectivity index (χ3v) is 4.32. The number of hydrogen-bond donors (Lipinski definition) is 1. The number of sulfonamides is 1. The van der Waals surface area contributed by atoms with Gasteiger partial charge < -0.3 is 4.74 Å². The normalized spacial score (nSPS) is 11.8. The molecule has 0 spiro atoms. The maximum atomic E-state index is 12.4. The summed E-state index contributed by atoms with van der Waals surface area (Å²) in [7, 11) is -3.99. The van der Waals surface area contributed by atoms with Gasteiger partial charge in [-0.3, -0.25) is 0 Å². The standard InChI is InChI=1S/C15H11F3N2O3S/c16-15(17,18)23-14-7-2-1-5-12(14)10-20-24(21,22)13-6-3-4-11(8-13)9-19/h1-8,20H,10H2. The van der Waals surface area contributed by atoms with Gasteiger partial charge in [0.05, 0.1) is 16.5 Å². The number of nitrogens with one attached hydrogen (secondary N) is 1. The number of halogens is 3. The van der Waals surface area contributed by atoms with Crippen molar-refractivity contribution in [3.63, 3.8) is 0 Å². The molecule has 0 radical (unpaired) electrons. The van der Waals surface area contributed by atoms with E-state index in [9.17, 15) is 21.6 Å². The molecular weight excluding hydrogens is 345 g/mol. The van der Waals surface area contributed by atoms with E-state index >= 15 is 0 Å². The number of benzene rings is 2. The Morgan fingerprint density at radius 3 is 2.50 bits per heavy atom. The molecule has 24 heavy (non-hydrogen) atoms. The van der Waals surface area contributed by atoms with E-state index in [0.717, 1.165) is 6.07 Å². The molecule has 2 rings (SSSR count). The molecular formula is C15H11F3N2O3S. The Labute approximate surface area is 136 Å². The molecule has 0 aliphatic carbocycles. The summed E-state index contributed by atoms with van der Waals surface area (Å²) >= 11 is 0. The van der Waals surface area contributed by atoms with E-state index in [-0.39, 0.29) is 16.0 Å². The van der Waals surface area contributed by atoms with Crippen LogP contribution in [0.25, 0.3) is 0 Å². The molecule has 126 valence electrons. The molecule has 2 aromatic carbocycles. The van der Waals surface area contributed by atoms with Gasteiger partial charge in [-0.05, 0) is 24.3 Å². The number of nitriles is 1. The molecule has 0 fully saturated rings. The molecule has 0 saturated carbocycles. The average molecular weight is 356 g/mol. The van der Waals surface area contributed by atoms with E-state index in [0.29, 0.717) is 0 Å². The summed E-state index contributed by atoms with van der Waals surface area (Å²) in [6, 6.07) is 12.3. The molecule has 0 atom stereocenters. The molecule has 2 aromatic rings. The summed E-state index contributed by atoms with van der Waals surface area (Å²) in [5, 5.41) is 8.79. The van der Waals surface area contributed by atoms with Gasteiger partial charge >= 0.3 is 6.36 Å². The minimum atomic E-state index is -4.88. The lowest BCUT2D eigenvalue weighted by Gasteiger charge is -2.13. The second-order valence-electron chi connectivity index (χ2n) is 4.62. The van der Waals surface area contributed by atoms with Crippen LogP contribution in [0.2, 0.25) is 0 Å². The number of hydrogen-bond acceptors (Lipinski definition) is 4. The topological polar surface area (TPSA) is 79.2 Å². The van der Waals surface area contributed by atoms with Gasteiger partial charge in [0.1, 0.15) is 5.75 Å². The third-order valence-electron chi connectivity index (χ3n) is 2.92. The van der Waals surface area contributed by atoms with Crippen LogP contribution in [0, 0.1) is 11.3 Å². The number of alkyl halides is 3. The van der Waals surface area contributed by atoms with Gasteiger partial charge in [-0.2, -0.15) is 5.26 Å². The predicted octanol–water partition coefficient (Wildman–Crippen LogP) is 2.94. The van der Waals surface area contributed by atoms with Crippen molar-refractivity contribution in [3.8, 4) is 11.8 Å². The lowest BCUT2D eigenvalue weighted by atomic mass is 10.2. The average Bonchev–Trinajstić information content (AvgIpc) is 2.53. The van der Waals surface area contributed by atoms with Crippen LogP contribution in [0.3, 0.4) is 0 Å². The maximum Gasteiger partial charge on any atom is 0.573 e. The first kappa shape index (κ1) is 17.8. The summed E-state index contributed by atoms with van der Waals surface area (Å²) in [5.74, 6) is -0.488. The second-order valence-corrected chi connectivity index (χ2v) is 6.39. The fourth-order valence-corrected chi connectivity index (χ4v) is 2.92. The summed E-state index contributed by atoms with van der Waals surface area (Å²) in [6.07, 6.45) is -4.88. The predicted molar refractivity (Wildman–Crippen MR) is 78.3 cm³/mol. The van der Waals surface area contributed by atoms with Crippen molar-refractivity contribution in [2.75, 3.05) is 0 Å². The number of rotatable bonds is 5. The van der Waals surface area contributed by atoms with Gasteiger partial charge in [-0.1, -0.05) is 24.3 Å². The number of para-hydroxylation sites is 1. The van der Waals surface area contributed by atoms with Crippen LogP contribution in [0.1, 0.15) is 11.1 Å². The first-order chi connectivity index (χ1) is 11.2. The third kappa shape index (κ3) is 4.71. The van der Waals surface area contributed by atoms with Gasteiger partial charge in [-0.15, -0.1) is 13.2 Å². The molecule has 0 unspecified atom stereocenters. The van der Waals surface area contributed by atoms with Crippen molar-refractivity contribution in [2.45, 2.75) is 17.8 Å². The zero-order valence-corrected chi connectivity index (χ0v) is 12.9. The lowest BCUT2D eigenvalue weighted by molar-refractivity contribution is -0.274. The SMILES string of the molecule is N#Cc1cccc(S(=O)(=O)NCc2ccccc2OC(F)(F)F)c1. The molecule has 0 saturated heterocycles. The zero-order chi connectivity index (χ0) is 17.8. The lowest BCUT2D eigenvalue weighted by Crippen LogP contribution is -2.24. The van der Waals surface area contributed by atoms with E-state index in [2.05, 4.69) is 9.46 Å². The fourth-order valence-electron chi connectivity index (χ4n) is 1.86. The highest BCUT2D eigenvalue weighted by molar-refractivity contribution is 7.89. The van der Waals surface area contributed by atoms with Crippen molar-refractivity contribution < 1.29 is 26.3 Å². The molecule has 5 nitrogen and oxygen atoms in total. The smallest absolute Gasteiger partial charge is 0.405 e. The van der Waals surface area contributed by atoms with Gasteiger partial charge in [0.25, 0.3) is 0 Å². The van der Waals surface area contributed by atoms with Crippen molar-refractivity contribution in [1.82, 2.24) is 4.72 Å². The molecule has 1 N–H and O–H groups in total. The van der Waals surface area contributed by atoms with Gasteiger partial charge in [0, 0.05) is 12.1 Å². The Hall–Kier alpha value is -2.57. The van der Waals surface area contributed by atoms with Crippen molar-refractivity contribution >= 4 is 10.0 Å². The molecule has 0 aliphatic heterocycles. The number of nitrogens with zero attached hydrogens (tertiary/aromatic N) is 1. The molecule has 9 heteroatoms. The van der Waals surface area contributed by atoms with E-state index in [1.54, 1.807) is 0 Å². The Morgan fingerprint density at radius 2 is 1.83 bits per heavy atom. The van der Waals surface area contributed by atoms with Crippen molar-refractivity contribution in [3.05, 3.63) is 59.7 Å². The van der Waals surface area contributed by atoms with Crippen molar-refractivity contribution in [1.29, 1.82) is 5.26 Å². The summed E-state index contributed by atoms with van der Waals surface area (Å²) in [6.45, 7) is -0.397. The zero-order valence-electron chi connectivity index (χ0n) is 12.0. The van der Waals surface area contributed by atoms with Gasteiger partial charge in [0.15, 0.2) is 0 Å². The molecule has 0 heterocycles. The van der Waals surface area contributed by atoms with Crippen LogP contribution < -0.4 is 9.46 Å². The molecule has 0 bridgehead atoms. The minimum Gasteiger partial charge on any atom is -0.405 e. The van der Waals surface area contributed by atoms with Gasteiger partial charge in [0.2, 0.25) is 10.0 Å². The minimum absolute atomic E-state index is 0.0230. The Kier molecular flexibility index (Phi) is 5.11. The van der Waals surface area contributed by atoms with Crippen LogP contribution >= 0.6 is 0 Å². The highest BCUT2D eigenvalue weighted by Gasteiger charge is 2.32. The Bertz CT molecular complexity index is 874. The summed E-state index contributed by atoms with van der Waals surface area (Å²) in [5.41, 5.74) is 0.175. The summed E-state index contributed by atoms with van der Waals surface area (Å²) in [4.78, 5) is -0.157. The second kappa shape index (κ2) is 6.90. The Morgan fingerprint density at radius 1 is 1.12 bits per heavy atom. The first-order valence-electron chi connectivity index (χ1n) is 6.55. The van der Waals surface area contributed by atoms with Crippen LogP contribution in [-0.4, -0.2) is 14.8 Å². The summed E-state index contributed by atoms with van der Waals surface area (Å²) < 4.78 is 67.5. The van der Waals surface area contributed by atoms with Crippen LogP contribution in [-0.2, 0) is 16.6 Å². The maximum absolute atomic E-state index is 12.4. The van der Waals surface area contributed by atoms with Crippen LogP contribution in [0.4, 0.5) is 13.2 Å². The van der Waals surface area contributed by atoms with E-state index in [1.807, 2.05) is 6.07 Å². The fraction of sp³-hybridized carbons (Fsp3) is 0.133. The number of ether oxygens (including phenoxy) is 1. The van der Waals surface area contributed by atoms with E-state index < -0.39 is 28.7 Å². The first-order valence-corrected chi connectivity index (χ1v) is 8.03. The van der Waals surface area contributed by atoms with Crippen molar-refractivity contribution in [2.24, 2.45) is 0 Å². The monoisotopic (exact) mass is 356 g/mol. The highest BCUT2D eigenvalue weighted by Crippen LogP contribution is 2.26. The Balaban J connectivity index is 2.20. The highest BCUT2D eigenvalue weighted by atomic mass is 32.2. The molecule has 0 aromatic heterocycles. The molecule has 0 aliphatic rings. The molecule has 0 amide bonds. The van der Waals surface area contributed by atoms with Gasteiger partial charge in [-0.25, -0.2) is 13.1 Å². The van der Waals surface area contributed by atoms with Crippen LogP contribution in [0.15, 0.2) is 53.4 Å². The van der Waals surface area contributed by atoms with Crippen LogP contribution in [0.5, 0.6) is 5.75 Å². The van der Waals surface area contributed by atoms with E-state index in [4.69, 9.17) is 5.26 Å².